The van der Waals surface area contributed by atoms with Crippen LogP contribution in [0.15, 0.2) is 34.8 Å². The number of methoxy groups -OCH3 is 1. The highest BCUT2D eigenvalue weighted by Crippen LogP contribution is 2.40. The van der Waals surface area contributed by atoms with Gasteiger partial charge in [-0.15, -0.1) is 0 Å². The topological polar surface area (TPSA) is 78.7 Å². The first-order chi connectivity index (χ1) is 13.0. The van der Waals surface area contributed by atoms with Crippen LogP contribution in [0.2, 0.25) is 0 Å². The highest BCUT2D eigenvalue weighted by Gasteiger charge is 2.20. The van der Waals surface area contributed by atoms with E-state index >= 15 is 0 Å². The number of benzene rings is 2. The third-order valence-electron chi connectivity index (χ3n) is 4.62. The van der Waals surface area contributed by atoms with Crippen molar-refractivity contribution >= 4 is 27.4 Å². The van der Waals surface area contributed by atoms with E-state index in [2.05, 4.69) is 15.9 Å². The Balaban J connectivity index is 2.08. The molecule has 0 aliphatic carbocycles. The molecule has 4 rings (SSSR count). The van der Waals surface area contributed by atoms with Crippen LogP contribution in [0.25, 0.3) is 0 Å². The minimum Gasteiger partial charge on any atom is -0.493 e. The molecule has 142 valence electrons. The number of carbonyl (C=O) groups excluding carboxylic acids is 1. The van der Waals surface area contributed by atoms with Gasteiger partial charge in [-0.2, -0.15) is 0 Å². The number of aryl methyl sites for hydroxylation is 2. The molecule has 0 saturated carbocycles. The molecule has 7 heteroatoms. The van der Waals surface area contributed by atoms with Gasteiger partial charge in [-0.05, 0) is 55.0 Å². The number of nitro groups is 1. The van der Waals surface area contributed by atoms with Gasteiger partial charge >= 0.3 is 5.69 Å². The number of rotatable bonds is 2. The second-order valence-electron chi connectivity index (χ2n) is 6.50. The van der Waals surface area contributed by atoms with Crippen LogP contribution in [-0.4, -0.2) is 17.8 Å². The van der Waals surface area contributed by atoms with E-state index in [-0.39, 0.29) is 17.2 Å². The molecule has 2 aliphatic rings. The molecule has 0 N–H and O–H groups in total. The van der Waals surface area contributed by atoms with Crippen molar-refractivity contribution < 1.29 is 19.2 Å². The van der Waals surface area contributed by atoms with Gasteiger partial charge < -0.3 is 9.47 Å². The van der Waals surface area contributed by atoms with E-state index in [1.807, 2.05) is 6.07 Å². The Labute approximate surface area is 165 Å². The Morgan fingerprint density at radius 1 is 1.07 bits per heavy atom. The lowest BCUT2D eigenvalue weighted by Gasteiger charge is -2.14. The molecule has 27 heavy (non-hydrogen) atoms. The molecule has 4 bridgehead atoms. The largest absolute Gasteiger partial charge is 0.493 e. The van der Waals surface area contributed by atoms with E-state index < -0.39 is 4.92 Å². The summed E-state index contributed by atoms with van der Waals surface area (Å²) in [6, 6.07) is 8.53. The number of Topliss-reactive ketones (excluding diaryl/α,β-unsaturated/α-hetero) is 1. The summed E-state index contributed by atoms with van der Waals surface area (Å²) in [5, 5.41) is 11.5. The van der Waals surface area contributed by atoms with Crippen molar-refractivity contribution in [2.45, 2.75) is 38.5 Å². The third kappa shape index (κ3) is 4.66. The zero-order chi connectivity index (χ0) is 19.4. The Bertz CT molecular complexity index is 881. The van der Waals surface area contributed by atoms with Crippen molar-refractivity contribution in [1.29, 1.82) is 0 Å². The molecule has 0 aromatic heterocycles. The van der Waals surface area contributed by atoms with E-state index in [0.29, 0.717) is 37.2 Å². The van der Waals surface area contributed by atoms with Gasteiger partial charge in [0, 0.05) is 23.4 Å². The molecule has 2 aliphatic heterocycles. The van der Waals surface area contributed by atoms with Crippen LogP contribution >= 0.6 is 15.9 Å². The molecule has 0 radical (unpaired) electrons. The second kappa shape index (κ2) is 8.52. The lowest BCUT2D eigenvalue weighted by atomic mass is 10.0. The van der Waals surface area contributed by atoms with Crippen LogP contribution in [0.4, 0.5) is 5.69 Å². The molecule has 2 aromatic carbocycles. The lowest BCUT2D eigenvalue weighted by molar-refractivity contribution is -0.385. The Morgan fingerprint density at radius 3 is 2.59 bits per heavy atom. The van der Waals surface area contributed by atoms with E-state index in [4.69, 9.17) is 9.47 Å². The SMILES string of the molecule is COc1cc(Br)c2cc1Oc1ccc(cc1[N+](=O)[O-])CCCCC(=O)CC2. The summed E-state index contributed by atoms with van der Waals surface area (Å²) < 4.78 is 12.0. The van der Waals surface area contributed by atoms with Gasteiger partial charge in [0.1, 0.15) is 5.78 Å². The number of carbonyl (C=O) groups is 1. The number of nitro benzene ring substituents is 1. The van der Waals surface area contributed by atoms with Gasteiger partial charge in [-0.25, -0.2) is 0 Å². The highest BCUT2D eigenvalue weighted by molar-refractivity contribution is 9.10. The standard InChI is InChI=1S/C20H20BrNO5/c1-26-19-12-16(21)14-7-8-15(23)5-3-2-4-13-6-9-18(27-20(19)11-14)17(10-13)22(24)25/h6,9-12H,2-5,7-8H2,1H3. The number of hydrogen-bond acceptors (Lipinski definition) is 5. The minimum absolute atomic E-state index is 0.0787. The lowest BCUT2D eigenvalue weighted by Crippen LogP contribution is -2.01. The van der Waals surface area contributed by atoms with Crippen LogP contribution in [0.5, 0.6) is 17.2 Å². The predicted molar refractivity (Wildman–Crippen MR) is 105 cm³/mol. The summed E-state index contributed by atoms with van der Waals surface area (Å²) in [6.07, 6.45) is 3.83. The average Bonchev–Trinajstić information content (AvgIpc) is 2.65. The average molecular weight is 434 g/mol. The van der Waals surface area contributed by atoms with E-state index in [1.165, 1.54) is 7.11 Å². The Hall–Kier alpha value is -2.41. The molecular formula is C20H20BrNO5. The van der Waals surface area contributed by atoms with Gasteiger partial charge in [-0.1, -0.05) is 22.0 Å². The van der Waals surface area contributed by atoms with Gasteiger partial charge in [-0.3, -0.25) is 14.9 Å². The molecule has 0 atom stereocenters. The number of halogens is 1. The van der Waals surface area contributed by atoms with E-state index in [9.17, 15) is 14.9 Å². The molecule has 0 spiro atoms. The fourth-order valence-electron chi connectivity index (χ4n) is 3.12. The summed E-state index contributed by atoms with van der Waals surface area (Å²) >= 11 is 3.50. The van der Waals surface area contributed by atoms with Crippen molar-refractivity contribution in [3.05, 3.63) is 56.0 Å². The monoisotopic (exact) mass is 433 g/mol. The van der Waals surface area contributed by atoms with Crippen LogP contribution in [0, 0.1) is 10.1 Å². The minimum atomic E-state index is -0.438. The molecule has 0 saturated heterocycles. The van der Waals surface area contributed by atoms with E-state index in [0.717, 1.165) is 28.4 Å². The van der Waals surface area contributed by atoms with Crippen LogP contribution in [0.3, 0.4) is 0 Å². The van der Waals surface area contributed by atoms with Gasteiger partial charge in [0.2, 0.25) is 5.75 Å². The molecular weight excluding hydrogens is 414 g/mol. The van der Waals surface area contributed by atoms with Crippen molar-refractivity contribution in [2.75, 3.05) is 7.11 Å². The first kappa shape index (κ1) is 19.4. The molecule has 0 amide bonds. The van der Waals surface area contributed by atoms with Crippen LogP contribution in [-0.2, 0) is 17.6 Å². The smallest absolute Gasteiger partial charge is 0.311 e. The van der Waals surface area contributed by atoms with Gasteiger partial charge in [0.05, 0.1) is 12.0 Å². The van der Waals surface area contributed by atoms with Crippen molar-refractivity contribution in [2.24, 2.45) is 0 Å². The normalized spacial score (nSPS) is 14.8. The molecule has 0 unspecified atom stereocenters. The fraction of sp³-hybridized carbons (Fsp3) is 0.350. The molecule has 0 fully saturated rings. The Kier molecular flexibility index (Phi) is 6.11. The maximum absolute atomic E-state index is 12.2. The van der Waals surface area contributed by atoms with Crippen LogP contribution < -0.4 is 9.47 Å². The maximum Gasteiger partial charge on any atom is 0.311 e. The predicted octanol–water partition coefficient (Wildman–Crippen LogP) is 5.39. The molecule has 2 aromatic rings. The first-order valence-electron chi connectivity index (χ1n) is 8.81. The summed E-state index contributed by atoms with van der Waals surface area (Å²) in [4.78, 5) is 23.2. The first-order valence-corrected chi connectivity index (χ1v) is 9.60. The van der Waals surface area contributed by atoms with Crippen molar-refractivity contribution in [3.63, 3.8) is 0 Å². The second-order valence-corrected chi connectivity index (χ2v) is 7.36. The zero-order valence-corrected chi connectivity index (χ0v) is 16.6. The summed E-state index contributed by atoms with van der Waals surface area (Å²) in [5.41, 5.74) is 1.68. The van der Waals surface area contributed by atoms with Crippen molar-refractivity contribution in [3.8, 4) is 17.2 Å². The van der Waals surface area contributed by atoms with E-state index in [1.54, 1.807) is 24.3 Å². The molecule has 2 heterocycles. The third-order valence-corrected chi connectivity index (χ3v) is 5.36. The Morgan fingerprint density at radius 2 is 1.85 bits per heavy atom. The number of nitrogens with zero attached hydrogens (tertiary/aromatic N) is 1. The van der Waals surface area contributed by atoms with Crippen molar-refractivity contribution in [1.82, 2.24) is 0 Å². The number of hydrogen-bond donors (Lipinski definition) is 0. The highest BCUT2D eigenvalue weighted by atomic mass is 79.9. The van der Waals surface area contributed by atoms with Gasteiger partial charge in [0.15, 0.2) is 11.5 Å². The quantitative estimate of drug-likeness (QED) is 0.468. The number of ketones is 1. The fourth-order valence-corrected chi connectivity index (χ4v) is 3.65. The zero-order valence-electron chi connectivity index (χ0n) is 15.0. The summed E-state index contributed by atoms with van der Waals surface area (Å²) in [6.45, 7) is 0. The number of fused-ring (bicyclic) bond motifs is 8. The summed E-state index contributed by atoms with van der Waals surface area (Å²) in [7, 11) is 1.51. The molecule has 6 nitrogen and oxygen atoms in total. The van der Waals surface area contributed by atoms with Gasteiger partial charge in [0.25, 0.3) is 0 Å². The summed E-state index contributed by atoms with van der Waals surface area (Å²) in [5.74, 6) is 1.23. The number of ether oxygens (including phenoxy) is 2. The maximum atomic E-state index is 12.2. The van der Waals surface area contributed by atoms with Crippen LogP contribution in [0.1, 0.15) is 36.8 Å².